The van der Waals surface area contributed by atoms with Crippen molar-refractivity contribution in [2.75, 3.05) is 0 Å². The van der Waals surface area contributed by atoms with E-state index in [1.54, 1.807) is 0 Å². The van der Waals surface area contributed by atoms with Crippen molar-refractivity contribution in [2.24, 2.45) is 0 Å². The Morgan fingerprint density at radius 2 is 1.00 bits per heavy atom. The van der Waals surface area contributed by atoms with Crippen LogP contribution < -0.4 is 29.6 Å². The second kappa shape index (κ2) is 9.26. The standard InChI is InChI=1S/Mg.Na.H2O4S.H4O4Si.3H/c;;2*1-5(2,3)4;;;/h;;(H2,1,2,3,4);1-4H;;;/q+2;+1;;;3*-1. The Balaban J connectivity index is -0.0000000128. The molecule has 6 N–H and O–H groups in total. The molecule has 0 saturated carbocycles. The van der Waals surface area contributed by atoms with E-state index in [0.717, 1.165) is 0 Å². The van der Waals surface area contributed by atoms with Crippen LogP contribution in [0.5, 0.6) is 0 Å². The molecular weight excluding hydrogens is 235 g/mol. The monoisotopic (exact) mass is 244 g/mol. The molecule has 0 amide bonds. The Kier molecular flexibility index (Phi) is 18.1. The van der Waals surface area contributed by atoms with Gasteiger partial charge in [-0.1, -0.05) is 0 Å². The molecular formula is H9MgNaO8SSi. The summed E-state index contributed by atoms with van der Waals surface area (Å²) in [5.74, 6) is 0. The summed E-state index contributed by atoms with van der Waals surface area (Å²) in [6.45, 7) is 0. The summed E-state index contributed by atoms with van der Waals surface area (Å²) in [4.78, 5) is 29.3. The average Bonchev–Trinajstić information content (AvgIpc) is 1.12. The molecule has 12 heavy (non-hydrogen) atoms. The Morgan fingerprint density at radius 3 is 1.00 bits per heavy atom. The first-order valence-corrected chi connectivity index (χ1v) is 4.78. The van der Waals surface area contributed by atoms with Gasteiger partial charge in [0.05, 0.1) is 0 Å². The molecule has 0 spiro atoms. The predicted molar refractivity (Wildman–Crippen MR) is 37.9 cm³/mol. The van der Waals surface area contributed by atoms with Gasteiger partial charge in [-0.15, -0.1) is 0 Å². The summed E-state index contributed by atoms with van der Waals surface area (Å²) in [5.41, 5.74) is 0. The van der Waals surface area contributed by atoms with E-state index in [1.807, 2.05) is 0 Å². The zero-order valence-electron chi connectivity index (χ0n) is 9.12. The Bertz CT molecular complexity index is 165. The van der Waals surface area contributed by atoms with Crippen molar-refractivity contribution in [3.05, 3.63) is 0 Å². The first-order valence-electron chi connectivity index (χ1n) is 1.59. The van der Waals surface area contributed by atoms with Crippen molar-refractivity contribution in [2.45, 2.75) is 0 Å². The summed E-state index contributed by atoms with van der Waals surface area (Å²) in [6.07, 6.45) is 0. The Hall–Kier alpha value is 1.69. The molecule has 0 rings (SSSR count). The minimum Gasteiger partial charge on any atom is -1.00 e. The van der Waals surface area contributed by atoms with Crippen molar-refractivity contribution in [3.8, 4) is 0 Å². The zero-order chi connectivity index (χ0) is 9.00. The zero-order valence-corrected chi connectivity index (χ0v) is 11.3. The molecule has 0 aromatic heterocycles. The first-order chi connectivity index (χ1) is 4.00. The molecule has 0 fully saturated rings. The van der Waals surface area contributed by atoms with Gasteiger partial charge in [0.2, 0.25) is 0 Å². The molecule has 0 aromatic rings. The third-order valence-corrected chi connectivity index (χ3v) is 0. The Morgan fingerprint density at radius 1 is 1.00 bits per heavy atom. The molecule has 0 bridgehead atoms. The largest absolute Gasteiger partial charge is 2.00 e. The van der Waals surface area contributed by atoms with Crippen molar-refractivity contribution in [1.29, 1.82) is 0 Å². The summed E-state index contributed by atoms with van der Waals surface area (Å²) in [5, 5.41) is 0. The van der Waals surface area contributed by atoms with Crippen LogP contribution in [-0.4, -0.2) is 68.8 Å². The second-order valence-corrected chi connectivity index (χ2v) is 3.14. The fraction of sp³-hybridized carbons (Fsp3) is 0. The molecule has 70 valence electrons. The Labute approximate surface area is 112 Å². The summed E-state index contributed by atoms with van der Waals surface area (Å²) in [6, 6.07) is 0. The van der Waals surface area contributed by atoms with Gasteiger partial charge in [0, 0.05) is 0 Å². The van der Waals surface area contributed by atoms with Crippen LogP contribution in [0, 0.1) is 0 Å². The molecule has 8 nitrogen and oxygen atoms in total. The molecule has 0 heterocycles. The van der Waals surface area contributed by atoms with Crippen molar-refractivity contribution in [3.63, 3.8) is 0 Å². The van der Waals surface area contributed by atoms with Crippen LogP contribution in [0.3, 0.4) is 0 Å². The third kappa shape index (κ3) is 466. The molecule has 0 atom stereocenters. The minimum absolute atomic E-state index is 0. The summed E-state index contributed by atoms with van der Waals surface area (Å²) in [7, 11) is -9.28. The van der Waals surface area contributed by atoms with Gasteiger partial charge in [0.15, 0.2) is 0 Å². The van der Waals surface area contributed by atoms with E-state index in [1.165, 1.54) is 0 Å². The van der Waals surface area contributed by atoms with Gasteiger partial charge < -0.3 is 23.5 Å². The van der Waals surface area contributed by atoms with E-state index in [-0.39, 0.29) is 56.9 Å². The molecule has 0 aliphatic rings. The van der Waals surface area contributed by atoms with Crippen LogP contribution in [0.2, 0.25) is 0 Å². The average molecular weight is 245 g/mol. The van der Waals surface area contributed by atoms with E-state index >= 15 is 0 Å². The van der Waals surface area contributed by atoms with Crippen LogP contribution in [0.15, 0.2) is 0 Å². The summed E-state index contributed by atoms with van der Waals surface area (Å²) < 4.78 is 31.6. The number of hydrogen-bond acceptors (Lipinski definition) is 6. The van der Waals surface area contributed by atoms with Crippen molar-refractivity contribution >= 4 is 42.5 Å². The quantitative estimate of drug-likeness (QED) is 0.181. The maximum Gasteiger partial charge on any atom is 2.00 e. The normalized spacial score (nSPS) is 9.83. The number of hydrogen-bond donors (Lipinski definition) is 6. The van der Waals surface area contributed by atoms with E-state index in [0.29, 0.717) is 0 Å². The van der Waals surface area contributed by atoms with Crippen LogP contribution in [0.25, 0.3) is 0 Å². The summed E-state index contributed by atoms with van der Waals surface area (Å²) >= 11 is 0. The van der Waals surface area contributed by atoms with Crippen LogP contribution in [-0.2, 0) is 10.4 Å². The van der Waals surface area contributed by atoms with E-state index < -0.39 is 19.4 Å². The van der Waals surface area contributed by atoms with Crippen LogP contribution >= 0.6 is 0 Å². The molecule has 12 heteroatoms. The maximum atomic E-state index is 8.74. The molecule has 0 saturated heterocycles. The minimum atomic E-state index is -4.67. The fourth-order valence-corrected chi connectivity index (χ4v) is 0. The molecule has 0 aliphatic heterocycles. The topological polar surface area (TPSA) is 156 Å². The van der Waals surface area contributed by atoms with Gasteiger partial charge in [0.25, 0.3) is 0 Å². The van der Waals surface area contributed by atoms with Gasteiger partial charge in [0.1, 0.15) is 0 Å². The molecule has 0 aromatic carbocycles. The van der Waals surface area contributed by atoms with Crippen LogP contribution in [0.1, 0.15) is 4.28 Å². The van der Waals surface area contributed by atoms with Crippen molar-refractivity contribution in [1.82, 2.24) is 0 Å². The second-order valence-electron chi connectivity index (χ2n) is 1.05. The van der Waals surface area contributed by atoms with Crippen molar-refractivity contribution < 1.29 is 70.5 Å². The molecule has 0 unspecified atom stereocenters. The van der Waals surface area contributed by atoms with Gasteiger partial charge in [-0.2, -0.15) is 8.42 Å². The smallest absolute Gasteiger partial charge is 1.00 e. The third-order valence-electron chi connectivity index (χ3n) is 0. The SMILES string of the molecule is O=S(=O)(O)O.O[Si](O)(O)O.[H-].[H-].[H-].[Mg+2].[Na+]. The van der Waals surface area contributed by atoms with E-state index in [9.17, 15) is 0 Å². The van der Waals surface area contributed by atoms with E-state index in [2.05, 4.69) is 0 Å². The first kappa shape index (κ1) is 23.5. The van der Waals surface area contributed by atoms with E-state index in [4.69, 9.17) is 36.7 Å². The van der Waals surface area contributed by atoms with Gasteiger partial charge in [-0.05, 0) is 0 Å². The fourth-order valence-electron chi connectivity index (χ4n) is 0. The predicted octanol–water partition coefficient (Wildman–Crippen LogP) is -6.30. The van der Waals surface area contributed by atoms with Gasteiger partial charge in [-0.25, -0.2) is 0 Å². The number of rotatable bonds is 0. The molecule has 0 radical (unpaired) electrons. The van der Waals surface area contributed by atoms with Gasteiger partial charge >= 0.3 is 72.1 Å². The maximum absolute atomic E-state index is 8.74. The van der Waals surface area contributed by atoms with Gasteiger partial charge in [-0.3, -0.25) is 9.11 Å². The molecule has 0 aliphatic carbocycles. The van der Waals surface area contributed by atoms with Crippen LogP contribution in [0.4, 0.5) is 0 Å².